The first-order valence-corrected chi connectivity index (χ1v) is 5.18. The van der Waals surface area contributed by atoms with Gasteiger partial charge in [0, 0.05) is 17.7 Å². The molecule has 7 nitrogen and oxygen atoms in total. The van der Waals surface area contributed by atoms with Crippen LogP contribution in [0.15, 0.2) is 52.4 Å². The highest BCUT2D eigenvalue weighted by Crippen LogP contribution is 2.12. The first-order valence-electron chi connectivity index (χ1n) is 5.18. The number of furan rings is 1. The molecule has 0 saturated heterocycles. The van der Waals surface area contributed by atoms with Crippen LogP contribution in [0.25, 0.3) is 0 Å². The largest absolute Gasteiger partial charge is 0.472 e. The number of nitrogens with zero attached hydrogens (tertiary/aromatic N) is 2. The van der Waals surface area contributed by atoms with E-state index in [1.165, 1.54) is 43.0 Å². The Labute approximate surface area is 107 Å². The van der Waals surface area contributed by atoms with Gasteiger partial charge in [0.2, 0.25) is 0 Å². The van der Waals surface area contributed by atoms with Gasteiger partial charge in [0.1, 0.15) is 0 Å². The van der Waals surface area contributed by atoms with Crippen LogP contribution in [0.3, 0.4) is 0 Å². The fourth-order valence-electron chi connectivity index (χ4n) is 1.26. The number of benzene rings is 1. The zero-order valence-electron chi connectivity index (χ0n) is 9.55. The molecule has 0 bridgehead atoms. The van der Waals surface area contributed by atoms with Gasteiger partial charge in [-0.1, -0.05) is 5.16 Å². The molecule has 0 spiro atoms. The molecule has 1 heterocycles. The van der Waals surface area contributed by atoms with Crippen molar-refractivity contribution < 1.29 is 19.0 Å². The van der Waals surface area contributed by atoms with Crippen molar-refractivity contribution in [3.8, 4) is 0 Å². The number of hydrogen-bond acceptors (Lipinski definition) is 6. The normalized spacial score (nSPS) is 10.5. The Bertz CT molecular complexity index is 602. The van der Waals surface area contributed by atoms with E-state index in [9.17, 15) is 14.9 Å². The monoisotopic (exact) mass is 260 g/mol. The highest BCUT2D eigenvalue weighted by Gasteiger charge is 2.10. The standard InChI is InChI=1S/C12H8N2O5/c15-12(19-13-7-9-5-6-18-8-9)10-1-3-11(4-2-10)14(16)17/h1-8H/b13-7+. The van der Waals surface area contributed by atoms with Crippen molar-refractivity contribution in [1.82, 2.24) is 0 Å². The number of oxime groups is 1. The summed E-state index contributed by atoms with van der Waals surface area (Å²) in [6, 6.07) is 6.68. The second-order valence-corrected chi connectivity index (χ2v) is 3.47. The molecule has 0 N–H and O–H groups in total. The molecule has 0 aliphatic heterocycles. The fourth-order valence-corrected chi connectivity index (χ4v) is 1.26. The lowest BCUT2D eigenvalue weighted by molar-refractivity contribution is -0.384. The molecule has 0 aliphatic rings. The molecule has 1 aromatic carbocycles. The van der Waals surface area contributed by atoms with Crippen LogP contribution in [0.2, 0.25) is 0 Å². The van der Waals surface area contributed by atoms with Crippen LogP contribution in [0, 0.1) is 10.1 Å². The topological polar surface area (TPSA) is 94.9 Å². The van der Waals surface area contributed by atoms with Crippen molar-refractivity contribution >= 4 is 17.9 Å². The highest BCUT2D eigenvalue weighted by atomic mass is 16.7. The van der Waals surface area contributed by atoms with E-state index in [0.717, 1.165) is 0 Å². The van der Waals surface area contributed by atoms with Crippen molar-refractivity contribution in [3.63, 3.8) is 0 Å². The maximum Gasteiger partial charge on any atom is 0.365 e. The molecule has 96 valence electrons. The van der Waals surface area contributed by atoms with E-state index in [0.29, 0.717) is 5.56 Å². The Hall–Kier alpha value is -2.96. The minimum absolute atomic E-state index is 0.0987. The van der Waals surface area contributed by atoms with E-state index in [4.69, 9.17) is 4.42 Å². The summed E-state index contributed by atoms with van der Waals surface area (Å²) in [6.45, 7) is 0. The third kappa shape index (κ3) is 3.25. The summed E-state index contributed by atoms with van der Waals surface area (Å²) < 4.78 is 4.80. The van der Waals surface area contributed by atoms with Gasteiger partial charge >= 0.3 is 5.97 Å². The first kappa shape index (κ1) is 12.5. The summed E-state index contributed by atoms with van der Waals surface area (Å²) in [5, 5.41) is 13.9. The third-order valence-corrected chi connectivity index (χ3v) is 2.19. The highest BCUT2D eigenvalue weighted by molar-refractivity contribution is 5.90. The van der Waals surface area contributed by atoms with E-state index in [2.05, 4.69) is 9.99 Å². The fraction of sp³-hybridized carbons (Fsp3) is 0. The van der Waals surface area contributed by atoms with Crippen LogP contribution in [-0.4, -0.2) is 17.1 Å². The average Bonchev–Trinajstić information content (AvgIpc) is 2.92. The number of hydrogen-bond donors (Lipinski definition) is 0. The maximum atomic E-state index is 11.5. The smallest absolute Gasteiger partial charge is 0.365 e. The quantitative estimate of drug-likeness (QED) is 0.364. The number of rotatable bonds is 4. The van der Waals surface area contributed by atoms with Crippen molar-refractivity contribution in [2.24, 2.45) is 5.16 Å². The van der Waals surface area contributed by atoms with E-state index in [-0.39, 0.29) is 11.3 Å². The summed E-state index contributed by atoms with van der Waals surface area (Å²) in [5.74, 6) is -0.699. The molecule has 0 atom stereocenters. The summed E-state index contributed by atoms with van der Waals surface area (Å²) in [4.78, 5) is 26.0. The predicted octanol–water partition coefficient (Wildman–Crippen LogP) is 2.38. The molecular weight excluding hydrogens is 252 g/mol. The van der Waals surface area contributed by atoms with Crippen molar-refractivity contribution in [2.45, 2.75) is 0 Å². The lowest BCUT2D eigenvalue weighted by Crippen LogP contribution is -2.01. The number of nitro benzene ring substituents is 1. The van der Waals surface area contributed by atoms with Crippen LogP contribution in [0.5, 0.6) is 0 Å². The lowest BCUT2D eigenvalue weighted by atomic mass is 10.2. The molecule has 2 aromatic rings. The molecular formula is C12H8N2O5. The molecule has 0 unspecified atom stereocenters. The second-order valence-electron chi connectivity index (χ2n) is 3.47. The van der Waals surface area contributed by atoms with Crippen LogP contribution in [0.4, 0.5) is 5.69 Å². The van der Waals surface area contributed by atoms with Gasteiger partial charge in [-0.2, -0.15) is 0 Å². The van der Waals surface area contributed by atoms with Crippen LogP contribution in [-0.2, 0) is 4.84 Å². The average molecular weight is 260 g/mol. The van der Waals surface area contributed by atoms with Gasteiger partial charge in [0.25, 0.3) is 5.69 Å². The van der Waals surface area contributed by atoms with Gasteiger partial charge in [-0.15, -0.1) is 0 Å². The second kappa shape index (κ2) is 5.58. The van der Waals surface area contributed by atoms with Gasteiger partial charge in [-0.25, -0.2) is 4.79 Å². The van der Waals surface area contributed by atoms with Gasteiger partial charge in [0.15, 0.2) is 0 Å². The van der Waals surface area contributed by atoms with Crippen molar-refractivity contribution in [1.29, 1.82) is 0 Å². The Kier molecular flexibility index (Phi) is 3.67. The van der Waals surface area contributed by atoms with Crippen LogP contribution >= 0.6 is 0 Å². The molecule has 0 amide bonds. The Morgan fingerprint density at radius 2 is 2.05 bits per heavy atom. The summed E-state index contributed by atoms with van der Waals surface area (Å²) >= 11 is 0. The molecule has 0 saturated carbocycles. The molecule has 1 aromatic heterocycles. The van der Waals surface area contributed by atoms with Gasteiger partial charge < -0.3 is 9.25 Å². The summed E-state index contributed by atoms with van der Waals surface area (Å²) in [6.07, 6.45) is 4.20. The molecule has 0 radical (unpaired) electrons. The van der Waals surface area contributed by atoms with E-state index >= 15 is 0 Å². The zero-order valence-corrected chi connectivity index (χ0v) is 9.55. The molecule has 0 aliphatic carbocycles. The number of nitro groups is 1. The van der Waals surface area contributed by atoms with Crippen molar-refractivity contribution in [3.05, 3.63) is 64.1 Å². The molecule has 2 rings (SSSR count). The SMILES string of the molecule is O=C(O/N=C/c1ccoc1)c1ccc([N+](=O)[O-])cc1. The first-order chi connectivity index (χ1) is 9.16. The number of non-ortho nitro benzene ring substituents is 1. The predicted molar refractivity (Wildman–Crippen MR) is 64.8 cm³/mol. The van der Waals surface area contributed by atoms with Gasteiger partial charge in [-0.05, 0) is 18.2 Å². The van der Waals surface area contributed by atoms with E-state index < -0.39 is 10.9 Å². The Balaban J connectivity index is 1.98. The minimum atomic E-state index is -0.699. The lowest BCUT2D eigenvalue weighted by Gasteiger charge is -1.97. The number of carbonyl (C=O) groups excluding carboxylic acids is 1. The Morgan fingerprint density at radius 1 is 1.32 bits per heavy atom. The molecule has 7 heteroatoms. The third-order valence-electron chi connectivity index (χ3n) is 2.19. The van der Waals surface area contributed by atoms with E-state index in [1.807, 2.05) is 0 Å². The Morgan fingerprint density at radius 3 is 2.63 bits per heavy atom. The van der Waals surface area contributed by atoms with Crippen LogP contribution < -0.4 is 0 Å². The molecule has 0 fully saturated rings. The zero-order chi connectivity index (χ0) is 13.7. The minimum Gasteiger partial charge on any atom is -0.472 e. The van der Waals surface area contributed by atoms with E-state index in [1.54, 1.807) is 6.07 Å². The summed E-state index contributed by atoms with van der Waals surface area (Å²) in [5.41, 5.74) is 0.727. The molecule has 19 heavy (non-hydrogen) atoms. The van der Waals surface area contributed by atoms with Gasteiger partial charge in [-0.3, -0.25) is 10.1 Å². The summed E-state index contributed by atoms with van der Waals surface area (Å²) in [7, 11) is 0. The van der Waals surface area contributed by atoms with Gasteiger partial charge in [0.05, 0.1) is 29.2 Å². The maximum absolute atomic E-state index is 11.5. The van der Waals surface area contributed by atoms with Crippen molar-refractivity contribution in [2.75, 3.05) is 0 Å². The number of carbonyl (C=O) groups is 1. The van der Waals surface area contributed by atoms with Crippen LogP contribution in [0.1, 0.15) is 15.9 Å².